The van der Waals surface area contributed by atoms with Gasteiger partial charge in [-0.3, -0.25) is 28.8 Å². The third kappa shape index (κ3) is 18.0. The maximum atomic E-state index is 15.4. The number of hydrogen-bond donors (Lipinski definition) is 15. The van der Waals surface area contributed by atoms with Crippen LogP contribution in [-0.4, -0.2) is 245 Å². The maximum Gasteiger partial charge on any atom is 0.409 e. The minimum absolute atomic E-state index is 0.0505. The summed E-state index contributed by atoms with van der Waals surface area (Å²) in [7, 11) is 0. The van der Waals surface area contributed by atoms with Crippen molar-refractivity contribution >= 4 is 60.0 Å². The van der Waals surface area contributed by atoms with E-state index in [2.05, 4.69) is 36.0 Å². The van der Waals surface area contributed by atoms with Gasteiger partial charge in [0.05, 0.1) is 36.6 Å². The van der Waals surface area contributed by atoms with E-state index in [1.54, 1.807) is 0 Å². The molecule has 0 unspecified atom stereocenters. The third-order valence-corrected chi connectivity index (χ3v) is 16.4. The number of benzene rings is 3. The molecule has 13 atom stereocenters. The molecule has 32 heteroatoms. The number of fused-ring (bicyclic) bond motifs is 5. The van der Waals surface area contributed by atoms with Crippen molar-refractivity contribution in [2.24, 2.45) is 11.8 Å². The molecule has 3 fully saturated rings. The van der Waals surface area contributed by atoms with Gasteiger partial charge in [0.15, 0.2) is 11.5 Å². The molecule has 0 radical (unpaired) electrons. The molecule has 0 aromatic heterocycles. The van der Waals surface area contributed by atoms with Crippen molar-refractivity contribution in [3.63, 3.8) is 0 Å². The molecule has 7 rings (SSSR count). The van der Waals surface area contributed by atoms with Crippen LogP contribution in [0, 0.1) is 11.8 Å². The summed E-state index contributed by atoms with van der Waals surface area (Å²) in [5.74, 6) is -10.5. The number of aliphatic hydroxyl groups is 8. The van der Waals surface area contributed by atoms with E-state index < -0.39 is 215 Å². The molecule has 500 valence electrons. The quantitative estimate of drug-likeness (QED) is 0.0268. The van der Waals surface area contributed by atoms with Gasteiger partial charge in [-0.2, -0.15) is 0 Å². The molecule has 3 heterocycles. The summed E-state index contributed by atoms with van der Waals surface area (Å²) in [6.45, 7) is 3.05. The monoisotopic (exact) mass is 1300 g/mol. The lowest BCUT2D eigenvalue weighted by Gasteiger charge is -2.34. The molecule has 3 saturated heterocycles. The molecule has 3 aromatic rings. The molecular formula is C59H80N8O23S. The summed E-state index contributed by atoms with van der Waals surface area (Å²) < 4.78 is 20.7. The predicted molar refractivity (Wildman–Crippen MR) is 317 cm³/mol. The van der Waals surface area contributed by atoms with Crippen molar-refractivity contribution in [3.05, 3.63) is 83.4 Å². The Balaban J connectivity index is 1.27. The molecule has 4 aliphatic rings. The van der Waals surface area contributed by atoms with Crippen LogP contribution in [0.1, 0.15) is 76.5 Å². The zero-order valence-electron chi connectivity index (χ0n) is 50.5. The minimum Gasteiger partial charge on any atom is -0.504 e. The van der Waals surface area contributed by atoms with Crippen LogP contribution in [-0.2, 0) is 54.0 Å². The topological polar surface area (TPSA) is 455 Å². The minimum atomic E-state index is -2.24. The van der Waals surface area contributed by atoms with Crippen LogP contribution in [0.5, 0.6) is 11.5 Å². The number of phenolic OH excluding ortho intramolecular Hbond substituents is 1. The normalized spacial score (nSPS) is 25.5. The zero-order chi connectivity index (χ0) is 66.6. The number of carbonyl (C=O) groups excluding carboxylic acids is 8. The van der Waals surface area contributed by atoms with Gasteiger partial charge in [0.2, 0.25) is 35.4 Å². The molecule has 1 aliphatic carbocycles. The average Bonchev–Trinajstić information content (AvgIpc) is 1.82. The third-order valence-electron chi connectivity index (χ3n) is 16.1. The number of nitrogens with zero attached hydrogens (tertiary/aromatic N) is 3. The molecule has 0 spiro atoms. The van der Waals surface area contributed by atoms with E-state index in [1.807, 2.05) is 48.5 Å². The van der Waals surface area contributed by atoms with Crippen molar-refractivity contribution in [1.82, 2.24) is 41.3 Å². The van der Waals surface area contributed by atoms with Crippen molar-refractivity contribution in [2.45, 2.75) is 145 Å². The Morgan fingerprint density at radius 3 is 2.03 bits per heavy atom. The first-order chi connectivity index (χ1) is 43.1. The second kappa shape index (κ2) is 31.7. The lowest BCUT2D eigenvalue weighted by atomic mass is 9.98. The van der Waals surface area contributed by atoms with Crippen LogP contribution in [0.15, 0.2) is 66.7 Å². The number of carbonyl (C=O) groups is 8. The summed E-state index contributed by atoms with van der Waals surface area (Å²) in [5, 5.41) is 125. The first-order valence-corrected chi connectivity index (χ1v) is 30.1. The van der Waals surface area contributed by atoms with Gasteiger partial charge < -0.3 is 101 Å². The largest absolute Gasteiger partial charge is 0.504 e. The molecule has 91 heavy (non-hydrogen) atoms. The second-order valence-electron chi connectivity index (χ2n) is 24.0. The highest BCUT2D eigenvalue weighted by atomic mass is 32.2. The Hall–Kier alpha value is -7.47. The molecule has 3 aliphatic heterocycles. The van der Waals surface area contributed by atoms with Gasteiger partial charge in [0, 0.05) is 83.0 Å². The van der Waals surface area contributed by atoms with Crippen molar-refractivity contribution in [1.29, 1.82) is 0 Å². The number of rotatable bonds is 19. The Morgan fingerprint density at radius 1 is 0.780 bits per heavy atom. The van der Waals surface area contributed by atoms with Crippen molar-refractivity contribution < 1.29 is 113 Å². The maximum absolute atomic E-state index is 15.4. The molecule has 8 amide bonds. The molecule has 31 nitrogen and oxygen atoms in total. The van der Waals surface area contributed by atoms with E-state index in [-0.39, 0.29) is 36.8 Å². The van der Waals surface area contributed by atoms with Crippen LogP contribution in [0.2, 0.25) is 0 Å². The van der Waals surface area contributed by atoms with Crippen LogP contribution in [0.3, 0.4) is 0 Å². The lowest BCUT2D eigenvalue weighted by molar-refractivity contribution is -0.433. The molecule has 3 aromatic carbocycles. The highest BCUT2D eigenvalue weighted by molar-refractivity contribution is 7.90. The van der Waals surface area contributed by atoms with Gasteiger partial charge in [-0.25, -0.2) is 14.8 Å². The van der Waals surface area contributed by atoms with Gasteiger partial charge in [0.25, 0.3) is 12.3 Å². The van der Waals surface area contributed by atoms with Crippen LogP contribution >= 0.6 is 12.3 Å². The molecule has 0 bridgehead atoms. The standard InChI is InChI=1S/C59H80N8O23S/c1-29-23-67-49(50(29)76)54(80)60-22-33(71)20-40(61-57(83)87-59(3,4)5)51(77)62-46(30(2)70)55(81)66-25-34(72)21-41(66)52(78)63-47(44(75)18-31-14-15-42(73)45(19-31)88-91-90-89-85)53(79)64-48(56(67)82)43(74)16-17-65(24-32(26-68)27-69)58(84)86-28-39-37-12-8-6-10-35(37)36-11-7-9-13-38(36)39/h6-15,19,29-30,32-34,39-41,43-44,46-50,68-76,85H,16-18,20-28H2,1-5H3,(H,60,80)(H,61,83)(H,62,77)(H,63,78)(H,64,79)/t29-,30+,33+,34+,40-,41-,43+,44+,46-,47-,48-,49-,50-/m0/s1. The molecular weight excluding hydrogens is 1220 g/mol. The summed E-state index contributed by atoms with van der Waals surface area (Å²) in [5.41, 5.74) is 2.56. The van der Waals surface area contributed by atoms with E-state index >= 15 is 9.59 Å². The van der Waals surface area contributed by atoms with Gasteiger partial charge in [-0.15, -0.1) is 0 Å². The first-order valence-electron chi connectivity index (χ1n) is 29.5. The smallest absolute Gasteiger partial charge is 0.409 e. The highest BCUT2D eigenvalue weighted by Gasteiger charge is 2.50. The van der Waals surface area contributed by atoms with E-state index in [0.717, 1.165) is 56.0 Å². The number of nitrogens with one attached hydrogen (secondary N) is 5. The fraction of sp³-hybridized carbons (Fsp3) is 0.559. The Kier molecular flexibility index (Phi) is 24.7. The van der Waals surface area contributed by atoms with Gasteiger partial charge in [0.1, 0.15) is 48.5 Å². The average molecular weight is 1300 g/mol. The Labute approximate surface area is 527 Å². The first kappa shape index (κ1) is 71.0. The number of aromatic hydroxyl groups is 1. The number of alkyl carbamates (subject to hydrolysis) is 1. The summed E-state index contributed by atoms with van der Waals surface area (Å²) >= 11 is 0.0505. The fourth-order valence-corrected chi connectivity index (χ4v) is 11.7. The van der Waals surface area contributed by atoms with E-state index in [4.69, 9.17) is 18.9 Å². The van der Waals surface area contributed by atoms with Crippen LogP contribution < -0.4 is 30.8 Å². The van der Waals surface area contributed by atoms with E-state index in [0.29, 0.717) is 0 Å². The van der Waals surface area contributed by atoms with Crippen molar-refractivity contribution in [2.75, 3.05) is 52.5 Å². The summed E-state index contributed by atoms with van der Waals surface area (Å²) in [4.78, 5) is 118. The van der Waals surface area contributed by atoms with E-state index in [1.165, 1.54) is 33.8 Å². The van der Waals surface area contributed by atoms with Gasteiger partial charge in [-0.1, -0.05) is 70.9 Å². The number of aliphatic hydroxyl groups excluding tert-OH is 8. The Bertz CT molecular complexity index is 3020. The van der Waals surface area contributed by atoms with Gasteiger partial charge in [-0.05, 0) is 74.1 Å². The highest BCUT2D eigenvalue weighted by Crippen LogP contribution is 2.44. The number of β-amino-alcohol motifs (C(OH)–C–C–N with tert-alkyl or cyclic N) is 1. The second-order valence-corrected chi connectivity index (χ2v) is 24.5. The van der Waals surface area contributed by atoms with Gasteiger partial charge >= 0.3 is 12.2 Å². The number of phenols is 1. The molecule has 0 saturated carbocycles. The van der Waals surface area contributed by atoms with Crippen molar-refractivity contribution in [3.8, 4) is 22.6 Å². The number of hydrogen-bond acceptors (Lipinski definition) is 24. The van der Waals surface area contributed by atoms with Crippen LogP contribution in [0.4, 0.5) is 9.59 Å². The fourth-order valence-electron chi connectivity index (χ4n) is 11.4. The zero-order valence-corrected chi connectivity index (χ0v) is 51.3. The summed E-state index contributed by atoms with van der Waals surface area (Å²) in [6.07, 6.45) is -15.5. The number of amides is 8. The SMILES string of the molecule is C[C@@H](O)[C@@H]1NC(=O)[C@@H](NC(=O)OC(C)(C)C)C[C@@H](O)CNC(=O)[C@@H]2[C@@H](O)[C@@H](C)CN2C(=O)[C@H]([C@H](O)CCN(CC(CO)CO)C(=O)OCC2c3ccccc3-c3ccccc32)NC(=O)[C@H]([C@H](O)Cc2ccc(O)c(OSOOO)c2)NC(=O)[C@@H]2C[C@@H](O)CN2C1=O. The Morgan fingerprint density at radius 2 is 1.41 bits per heavy atom. The van der Waals surface area contributed by atoms with Crippen LogP contribution in [0.25, 0.3) is 11.1 Å². The molecule has 15 N–H and O–H groups in total. The number of ether oxygens (including phenoxy) is 2. The lowest BCUT2D eigenvalue weighted by Crippen LogP contribution is -2.64. The van der Waals surface area contributed by atoms with E-state index in [9.17, 15) is 74.7 Å². The predicted octanol–water partition coefficient (Wildman–Crippen LogP) is -1.96. The summed E-state index contributed by atoms with van der Waals surface area (Å²) in [6, 6.07) is 6.78.